The second kappa shape index (κ2) is 12.5. The van der Waals surface area contributed by atoms with Crippen molar-refractivity contribution in [2.45, 2.75) is 44.2 Å². The van der Waals surface area contributed by atoms with Gasteiger partial charge in [-0.3, -0.25) is 9.89 Å². The summed E-state index contributed by atoms with van der Waals surface area (Å²) < 4.78 is 11.1. The topological polar surface area (TPSA) is 49.3 Å². The number of ether oxygens (including phenoxy) is 2. The Labute approximate surface area is 186 Å². The zero-order chi connectivity index (χ0) is 21.2. The zero-order valence-corrected chi connectivity index (χ0v) is 19.2. The van der Waals surface area contributed by atoms with Crippen LogP contribution in [0.1, 0.15) is 43.7 Å². The molecule has 0 saturated carbocycles. The Hall–Kier alpha value is -1.34. The monoisotopic (exact) mass is 436 g/mol. The number of hydrogen-bond acceptors (Lipinski definition) is 4. The minimum atomic E-state index is 0.310. The van der Waals surface area contributed by atoms with E-state index in [1.807, 2.05) is 19.2 Å². The lowest BCUT2D eigenvalue weighted by molar-refractivity contribution is 0.00986. The van der Waals surface area contributed by atoms with Crippen molar-refractivity contribution in [2.24, 2.45) is 4.99 Å². The predicted molar refractivity (Wildman–Crippen MR) is 123 cm³/mol. The van der Waals surface area contributed by atoms with Crippen LogP contribution in [0.3, 0.4) is 0 Å². The molecule has 3 rings (SSSR count). The van der Waals surface area contributed by atoms with Gasteiger partial charge in [0.05, 0.1) is 12.1 Å². The Morgan fingerprint density at radius 2 is 1.97 bits per heavy atom. The average molecular weight is 437 g/mol. The van der Waals surface area contributed by atoms with Gasteiger partial charge in [-0.2, -0.15) is 0 Å². The highest BCUT2D eigenvalue weighted by atomic mass is 35.5. The fraction of sp³-hybridized carbons (Fsp3) is 0.696. The number of aliphatic imine (C=N–C) groups is 1. The second-order valence-electron chi connectivity index (χ2n) is 8.15. The van der Waals surface area contributed by atoms with Gasteiger partial charge in [0.15, 0.2) is 5.96 Å². The van der Waals surface area contributed by atoms with Gasteiger partial charge >= 0.3 is 0 Å². The lowest BCUT2D eigenvalue weighted by Gasteiger charge is -2.35. The first-order chi connectivity index (χ1) is 14.7. The van der Waals surface area contributed by atoms with Gasteiger partial charge in [0.25, 0.3) is 0 Å². The van der Waals surface area contributed by atoms with Crippen molar-refractivity contribution in [1.29, 1.82) is 0 Å². The standard InChI is InChI=1S/C23H37ClN4O2/c1-25-23(28-13-9-21(10-14-28)30-16-6-15-29-2)26-18-22(27-11-3-4-12-27)19-7-5-8-20(24)17-19/h5,7-8,17,21-22H,3-4,6,9-16,18H2,1-2H3,(H,25,26). The lowest BCUT2D eigenvalue weighted by atomic mass is 10.1. The molecule has 2 aliphatic rings. The average Bonchev–Trinajstić information content (AvgIpc) is 3.29. The number of benzene rings is 1. The Morgan fingerprint density at radius 1 is 1.20 bits per heavy atom. The van der Waals surface area contributed by atoms with Crippen molar-refractivity contribution < 1.29 is 9.47 Å². The summed E-state index contributed by atoms with van der Waals surface area (Å²) in [6.45, 7) is 6.61. The van der Waals surface area contributed by atoms with Crippen LogP contribution in [0.4, 0.5) is 0 Å². The molecule has 6 nitrogen and oxygen atoms in total. The van der Waals surface area contributed by atoms with Crippen LogP contribution in [-0.4, -0.2) is 82.0 Å². The molecule has 0 aliphatic carbocycles. The van der Waals surface area contributed by atoms with E-state index in [1.54, 1.807) is 7.11 Å². The third-order valence-electron chi connectivity index (χ3n) is 6.07. The summed E-state index contributed by atoms with van der Waals surface area (Å²) in [5.41, 5.74) is 1.27. The minimum absolute atomic E-state index is 0.310. The summed E-state index contributed by atoms with van der Waals surface area (Å²) in [4.78, 5) is 9.48. The number of likely N-dealkylation sites (tertiary alicyclic amines) is 2. The van der Waals surface area contributed by atoms with Crippen LogP contribution < -0.4 is 5.32 Å². The van der Waals surface area contributed by atoms with Crippen molar-refractivity contribution in [3.05, 3.63) is 34.9 Å². The summed E-state index contributed by atoms with van der Waals surface area (Å²) in [6, 6.07) is 8.59. The minimum Gasteiger partial charge on any atom is -0.385 e. The Kier molecular flexibility index (Phi) is 9.72. The van der Waals surface area contributed by atoms with Crippen molar-refractivity contribution in [3.8, 4) is 0 Å². The molecule has 1 aromatic carbocycles. The summed E-state index contributed by atoms with van der Waals surface area (Å²) in [5, 5.41) is 4.44. The number of methoxy groups -OCH3 is 1. The third kappa shape index (κ3) is 6.84. The van der Waals surface area contributed by atoms with Crippen LogP contribution >= 0.6 is 11.6 Å². The van der Waals surface area contributed by atoms with E-state index in [0.29, 0.717) is 12.1 Å². The zero-order valence-electron chi connectivity index (χ0n) is 18.5. The van der Waals surface area contributed by atoms with E-state index in [1.165, 1.54) is 18.4 Å². The summed E-state index contributed by atoms with van der Waals surface area (Å²) in [6.07, 6.45) is 5.92. The molecule has 0 spiro atoms. The van der Waals surface area contributed by atoms with E-state index in [0.717, 1.165) is 76.2 Å². The van der Waals surface area contributed by atoms with E-state index in [2.05, 4.69) is 32.2 Å². The van der Waals surface area contributed by atoms with Gasteiger partial charge in [0.2, 0.25) is 0 Å². The third-order valence-corrected chi connectivity index (χ3v) is 6.30. The van der Waals surface area contributed by atoms with Crippen LogP contribution in [0.5, 0.6) is 0 Å². The van der Waals surface area contributed by atoms with E-state index in [-0.39, 0.29) is 0 Å². The number of guanidine groups is 1. The van der Waals surface area contributed by atoms with E-state index >= 15 is 0 Å². The highest BCUT2D eigenvalue weighted by molar-refractivity contribution is 6.30. The summed E-state index contributed by atoms with van der Waals surface area (Å²) in [5.74, 6) is 0.985. The van der Waals surface area contributed by atoms with Gasteiger partial charge in [0.1, 0.15) is 0 Å². The smallest absolute Gasteiger partial charge is 0.193 e. The molecule has 2 fully saturated rings. The fourth-order valence-corrected chi connectivity index (χ4v) is 4.63. The maximum atomic E-state index is 6.28. The highest BCUT2D eigenvalue weighted by Gasteiger charge is 2.26. The van der Waals surface area contributed by atoms with Gasteiger partial charge in [0, 0.05) is 52.0 Å². The first-order valence-electron chi connectivity index (χ1n) is 11.3. The van der Waals surface area contributed by atoms with Crippen LogP contribution in [0.25, 0.3) is 0 Å². The Bertz CT molecular complexity index is 658. The summed E-state index contributed by atoms with van der Waals surface area (Å²) >= 11 is 6.28. The maximum Gasteiger partial charge on any atom is 0.193 e. The van der Waals surface area contributed by atoms with E-state index < -0.39 is 0 Å². The maximum absolute atomic E-state index is 6.28. The number of rotatable bonds is 9. The molecule has 0 bridgehead atoms. The number of hydrogen-bond donors (Lipinski definition) is 1. The van der Waals surface area contributed by atoms with E-state index in [9.17, 15) is 0 Å². The molecule has 0 amide bonds. The Balaban J connectivity index is 1.52. The van der Waals surface area contributed by atoms with Crippen molar-refractivity contribution in [2.75, 3.05) is 60.1 Å². The number of nitrogens with zero attached hydrogens (tertiary/aromatic N) is 3. The summed E-state index contributed by atoms with van der Waals surface area (Å²) in [7, 11) is 3.61. The van der Waals surface area contributed by atoms with Gasteiger partial charge in [-0.15, -0.1) is 0 Å². The van der Waals surface area contributed by atoms with Crippen molar-refractivity contribution >= 4 is 17.6 Å². The first-order valence-corrected chi connectivity index (χ1v) is 11.6. The predicted octanol–water partition coefficient (Wildman–Crippen LogP) is 3.57. The molecule has 7 heteroatoms. The SMILES string of the molecule is CN=C(NCC(c1cccc(Cl)c1)N1CCCC1)N1CCC(OCCCOC)CC1. The molecule has 1 aromatic rings. The number of piperidine rings is 1. The molecule has 2 heterocycles. The van der Waals surface area contributed by atoms with Crippen LogP contribution in [0.2, 0.25) is 5.02 Å². The Morgan fingerprint density at radius 3 is 2.63 bits per heavy atom. The van der Waals surface area contributed by atoms with Crippen LogP contribution in [0.15, 0.2) is 29.3 Å². The second-order valence-corrected chi connectivity index (χ2v) is 8.58. The van der Waals surface area contributed by atoms with Gasteiger partial charge in [-0.1, -0.05) is 23.7 Å². The normalized spacial score (nSPS) is 20.0. The molecule has 1 unspecified atom stereocenters. The molecule has 0 radical (unpaired) electrons. The molecule has 1 atom stereocenters. The highest BCUT2D eigenvalue weighted by Crippen LogP contribution is 2.26. The van der Waals surface area contributed by atoms with Crippen molar-refractivity contribution in [1.82, 2.24) is 15.1 Å². The molecule has 2 aliphatic heterocycles. The molecule has 2 saturated heterocycles. The molecule has 30 heavy (non-hydrogen) atoms. The first kappa shape index (κ1) is 23.3. The molecule has 0 aromatic heterocycles. The van der Waals surface area contributed by atoms with Gasteiger partial charge < -0.3 is 19.7 Å². The number of nitrogens with one attached hydrogen (secondary N) is 1. The molecular formula is C23H37ClN4O2. The molecule has 1 N–H and O–H groups in total. The molecule has 168 valence electrons. The quantitative estimate of drug-likeness (QED) is 0.364. The van der Waals surface area contributed by atoms with Gasteiger partial charge in [-0.25, -0.2) is 0 Å². The fourth-order valence-electron chi connectivity index (χ4n) is 4.43. The lowest BCUT2D eigenvalue weighted by Crippen LogP contribution is -2.49. The van der Waals surface area contributed by atoms with Crippen molar-refractivity contribution in [3.63, 3.8) is 0 Å². The van der Waals surface area contributed by atoms with Crippen LogP contribution in [0, 0.1) is 0 Å². The largest absolute Gasteiger partial charge is 0.385 e. The van der Waals surface area contributed by atoms with E-state index in [4.69, 9.17) is 21.1 Å². The molecular weight excluding hydrogens is 400 g/mol. The van der Waals surface area contributed by atoms with Gasteiger partial charge in [-0.05, 0) is 62.9 Å². The van der Waals surface area contributed by atoms with Crippen LogP contribution in [-0.2, 0) is 9.47 Å². The number of halogens is 1.